The van der Waals surface area contributed by atoms with Crippen molar-refractivity contribution in [3.05, 3.63) is 63.3 Å². The Balaban J connectivity index is 1.47. The molecule has 4 heterocycles. The number of imidazole rings is 1. The van der Waals surface area contributed by atoms with Gasteiger partial charge in [0.25, 0.3) is 0 Å². The van der Waals surface area contributed by atoms with Crippen LogP contribution >= 0.6 is 11.3 Å². The summed E-state index contributed by atoms with van der Waals surface area (Å²) in [5.41, 5.74) is 2.09. The summed E-state index contributed by atoms with van der Waals surface area (Å²) in [7, 11) is 0. The maximum Gasteiger partial charge on any atom is 0.323 e. The van der Waals surface area contributed by atoms with E-state index in [2.05, 4.69) is 37.3 Å². The smallest absolute Gasteiger partial charge is 0.323 e. The van der Waals surface area contributed by atoms with Gasteiger partial charge < -0.3 is 20.6 Å². The van der Waals surface area contributed by atoms with E-state index in [1.54, 1.807) is 22.0 Å². The van der Waals surface area contributed by atoms with Gasteiger partial charge in [-0.15, -0.1) is 0 Å². The monoisotopic (exact) mass is 430 g/mol. The predicted octanol–water partition coefficient (Wildman–Crippen LogP) is 1.91. The van der Waals surface area contributed by atoms with Crippen LogP contribution in [0, 0.1) is 0 Å². The minimum Gasteiger partial charge on any atom is -0.367 e. The summed E-state index contributed by atoms with van der Waals surface area (Å²) in [6, 6.07) is 10.4. The van der Waals surface area contributed by atoms with E-state index in [-0.39, 0.29) is 5.69 Å². The highest BCUT2D eigenvalue weighted by atomic mass is 32.1. The molecular weight excluding hydrogens is 412 g/mol. The highest BCUT2D eigenvalue weighted by Crippen LogP contribution is 2.30. The number of aromatic nitrogens is 6. The quantitative estimate of drug-likeness (QED) is 0.339. The molecule has 1 aliphatic carbocycles. The molecule has 4 N–H and O–H groups in total. The molecule has 0 unspecified atom stereocenters. The number of nitrogens with one attached hydrogen (secondary N) is 4. The van der Waals surface area contributed by atoms with Crippen molar-refractivity contribution in [2.45, 2.75) is 18.9 Å². The zero-order valence-corrected chi connectivity index (χ0v) is 17.2. The van der Waals surface area contributed by atoms with Gasteiger partial charge in [-0.1, -0.05) is 30.0 Å². The topological polar surface area (TPSA) is 116 Å². The molecule has 0 bridgehead atoms. The van der Waals surface area contributed by atoms with Crippen molar-refractivity contribution in [1.82, 2.24) is 29.5 Å². The van der Waals surface area contributed by atoms with Gasteiger partial charge in [0.1, 0.15) is 11.6 Å². The fourth-order valence-corrected chi connectivity index (χ4v) is 4.31. The first-order valence-corrected chi connectivity index (χ1v) is 10.7. The Morgan fingerprint density at radius 1 is 1.23 bits per heavy atom. The summed E-state index contributed by atoms with van der Waals surface area (Å²) in [6.07, 6.45) is 5.82. The molecule has 0 atom stereocenters. The minimum atomic E-state index is -0.296. The summed E-state index contributed by atoms with van der Waals surface area (Å²) < 4.78 is 2.89. The minimum absolute atomic E-state index is 0.296. The number of nitrogens with zero attached hydrogens (tertiary/aromatic N) is 4. The van der Waals surface area contributed by atoms with Crippen LogP contribution in [0.4, 0.5) is 16.8 Å². The largest absolute Gasteiger partial charge is 0.367 e. The van der Waals surface area contributed by atoms with E-state index in [9.17, 15) is 4.79 Å². The molecule has 1 aliphatic rings. The fraction of sp³-hybridized carbons (Fsp3) is 0.143. The zero-order chi connectivity index (χ0) is 20.9. The SMILES string of the molecule is C=c1[nH]c(=O)[nH]/c1=C\c1cnn2c(NC3CC3)cc(Nc3nc4ccccc4s3)nc12. The normalized spacial score (nSPS) is 14.5. The molecule has 4 aromatic heterocycles. The molecule has 1 aromatic carbocycles. The van der Waals surface area contributed by atoms with Crippen LogP contribution in [0.2, 0.25) is 0 Å². The van der Waals surface area contributed by atoms with Gasteiger partial charge in [-0.25, -0.2) is 14.8 Å². The molecule has 154 valence electrons. The standard InChI is InChI=1S/C21H18N8OS/c1-11-15(25-20(30)23-11)8-12-10-22-29-18(24-13-6-7-13)9-17(27-19(12)29)28-21-26-14-4-2-3-5-16(14)31-21/h2-5,8-10,13,24H,1,6-7H2,(H2,23,25,30)(H,26,27,28)/b15-8-. The van der Waals surface area contributed by atoms with Gasteiger partial charge in [0, 0.05) is 17.7 Å². The first kappa shape index (κ1) is 17.9. The van der Waals surface area contributed by atoms with E-state index in [1.165, 1.54) is 0 Å². The molecule has 10 heteroatoms. The van der Waals surface area contributed by atoms with Crippen molar-refractivity contribution in [2.24, 2.45) is 0 Å². The van der Waals surface area contributed by atoms with Gasteiger partial charge in [-0.05, 0) is 31.1 Å². The Labute approximate surface area is 179 Å². The van der Waals surface area contributed by atoms with Gasteiger partial charge in [0.2, 0.25) is 0 Å². The van der Waals surface area contributed by atoms with Crippen molar-refractivity contribution in [2.75, 3.05) is 10.6 Å². The molecule has 0 radical (unpaired) electrons. The van der Waals surface area contributed by atoms with Crippen LogP contribution in [0.5, 0.6) is 0 Å². The van der Waals surface area contributed by atoms with E-state index in [0.29, 0.717) is 28.2 Å². The maximum atomic E-state index is 11.6. The first-order chi connectivity index (χ1) is 15.1. The van der Waals surface area contributed by atoms with Crippen molar-refractivity contribution >= 4 is 56.6 Å². The lowest BCUT2D eigenvalue weighted by atomic mass is 10.3. The highest BCUT2D eigenvalue weighted by molar-refractivity contribution is 7.22. The third-order valence-electron chi connectivity index (χ3n) is 5.09. The van der Waals surface area contributed by atoms with Gasteiger partial charge in [-0.2, -0.15) is 9.61 Å². The number of rotatable bonds is 5. The fourth-order valence-electron chi connectivity index (χ4n) is 3.43. The zero-order valence-electron chi connectivity index (χ0n) is 16.3. The van der Waals surface area contributed by atoms with Crippen molar-refractivity contribution in [3.63, 3.8) is 0 Å². The first-order valence-electron chi connectivity index (χ1n) is 9.89. The maximum absolute atomic E-state index is 11.6. The molecule has 0 saturated heterocycles. The van der Waals surface area contributed by atoms with Crippen LogP contribution in [0.15, 0.2) is 41.3 Å². The molecule has 0 aliphatic heterocycles. The number of fused-ring (bicyclic) bond motifs is 2. The second-order valence-corrected chi connectivity index (χ2v) is 8.54. The molecule has 31 heavy (non-hydrogen) atoms. The number of anilines is 3. The van der Waals surface area contributed by atoms with Crippen LogP contribution in [0.3, 0.4) is 0 Å². The van der Waals surface area contributed by atoms with E-state index < -0.39 is 0 Å². The number of hydrogen-bond acceptors (Lipinski definition) is 7. The van der Waals surface area contributed by atoms with Gasteiger partial charge in [-0.3, -0.25) is 0 Å². The second kappa shape index (κ2) is 6.81. The average molecular weight is 430 g/mol. The Morgan fingerprint density at radius 3 is 2.87 bits per heavy atom. The summed E-state index contributed by atoms with van der Waals surface area (Å²) in [5.74, 6) is 1.52. The van der Waals surface area contributed by atoms with E-state index in [4.69, 9.17) is 4.98 Å². The predicted molar refractivity (Wildman–Crippen MR) is 122 cm³/mol. The highest BCUT2D eigenvalue weighted by Gasteiger charge is 2.23. The molecule has 5 aromatic rings. The summed E-state index contributed by atoms with van der Waals surface area (Å²) >= 11 is 1.58. The van der Waals surface area contributed by atoms with Crippen LogP contribution in [0.25, 0.3) is 28.5 Å². The van der Waals surface area contributed by atoms with Crippen molar-refractivity contribution in [1.29, 1.82) is 0 Å². The van der Waals surface area contributed by atoms with Crippen LogP contribution in [-0.4, -0.2) is 35.6 Å². The number of thiazole rings is 1. The van der Waals surface area contributed by atoms with Crippen molar-refractivity contribution in [3.8, 4) is 0 Å². The number of hydrogen-bond donors (Lipinski definition) is 4. The Bertz CT molecular complexity index is 1570. The number of aromatic amines is 2. The van der Waals surface area contributed by atoms with Crippen LogP contribution in [0.1, 0.15) is 18.4 Å². The van der Waals surface area contributed by atoms with Gasteiger partial charge in [0.05, 0.1) is 27.1 Å². The Morgan fingerprint density at radius 2 is 2.10 bits per heavy atom. The summed E-state index contributed by atoms with van der Waals surface area (Å²) in [4.78, 5) is 26.4. The van der Waals surface area contributed by atoms with Crippen LogP contribution in [-0.2, 0) is 0 Å². The summed E-state index contributed by atoms with van der Waals surface area (Å²) in [5, 5.41) is 13.3. The Hall–Kier alpha value is -3.92. The molecular formula is C21H18N8OS. The average Bonchev–Trinajstić information content (AvgIpc) is 3.18. The third-order valence-corrected chi connectivity index (χ3v) is 6.05. The van der Waals surface area contributed by atoms with E-state index in [1.807, 2.05) is 36.4 Å². The second-order valence-electron chi connectivity index (χ2n) is 7.51. The number of H-pyrrole nitrogens is 2. The molecule has 1 saturated carbocycles. The lowest BCUT2D eigenvalue weighted by Gasteiger charge is -2.10. The lowest BCUT2D eigenvalue weighted by molar-refractivity contribution is 0.926. The Kier molecular flexibility index (Phi) is 3.93. The molecule has 0 spiro atoms. The van der Waals surface area contributed by atoms with Crippen molar-refractivity contribution < 1.29 is 0 Å². The van der Waals surface area contributed by atoms with Gasteiger partial charge >= 0.3 is 5.69 Å². The number of para-hydroxylation sites is 1. The van der Waals surface area contributed by atoms with E-state index >= 15 is 0 Å². The molecule has 6 rings (SSSR count). The number of benzene rings is 1. The van der Waals surface area contributed by atoms with Crippen LogP contribution < -0.4 is 27.0 Å². The molecule has 9 nitrogen and oxygen atoms in total. The summed E-state index contributed by atoms with van der Waals surface area (Å²) in [6.45, 7) is 3.86. The third kappa shape index (κ3) is 3.36. The van der Waals surface area contributed by atoms with E-state index in [0.717, 1.165) is 39.6 Å². The molecule has 1 fully saturated rings. The van der Waals surface area contributed by atoms with Gasteiger partial charge in [0.15, 0.2) is 10.8 Å². The molecule has 0 amide bonds. The lowest BCUT2D eigenvalue weighted by Crippen LogP contribution is -2.22.